The molecule has 0 spiro atoms. The van der Waals surface area contributed by atoms with Crippen LogP contribution in [0.4, 0.5) is 10.1 Å². The third kappa shape index (κ3) is 2.57. The molecular weight excluding hydrogens is 161 g/mol. The Balaban J connectivity index is 2.57. The minimum Gasteiger partial charge on any atom is -0.480 e. The van der Waals surface area contributed by atoms with Gasteiger partial charge < -0.3 is 10.4 Å². The van der Waals surface area contributed by atoms with E-state index in [0.29, 0.717) is 5.69 Å². The molecule has 2 N–H and O–H groups in total. The van der Waals surface area contributed by atoms with Crippen molar-refractivity contribution in [2.24, 2.45) is 0 Å². The predicted octanol–water partition coefficient (Wildman–Crippen LogP) is 1.32. The first kappa shape index (κ1) is 8.52. The summed E-state index contributed by atoms with van der Waals surface area (Å²) in [6.07, 6.45) is 0. The van der Waals surface area contributed by atoms with Crippen LogP contribution in [0.15, 0.2) is 24.3 Å². The molecule has 0 saturated carbocycles. The molecule has 64 valence electrons. The first-order valence-corrected chi connectivity index (χ1v) is 3.40. The van der Waals surface area contributed by atoms with E-state index in [2.05, 4.69) is 5.32 Å². The maximum Gasteiger partial charge on any atom is 0.322 e. The Labute approximate surface area is 68.8 Å². The molecule has 1 rings (SSSR count). The van der Waals surface area contributed by atoms with E-state index >= 15 is 0 Å². The lowest BCUT2D eigenvalue weighted by atomic mass is 10.3. The van der Waals surface area contributed by atoms with Crippen LogP contribution in [0.3, 0.4) is 0 Å². The van der Waals surface area contributed by atoms with E-state index < -0.39 is 5.97 Å². The van der Waals surface area contributed by atoms with Gasteiger partial charge in [0.25, 0.3) is 0 Å². The summed E-state index contributed by atoms with van der Waals surface area (Å²) >= 11 is 0. The standard InChI is InChI=1S/C8H8FNO2/c9-6-2-1-3-7(4-6)10-5-8(11)12/h1-4,10H,5H2,(H,11,12). The molecule has 0 unspecified atom stereocenters. The zero-order chi connectivity index (χ0) is 8.97. The number of hydrogen-bond acceptors (Lipinski definition) is 2. The second-order valence-electron chi connectivity index (χ2n) is 2.26. The first-order chi connectivity index (χ1) is 5.68. The number of carbonyl (C=O) groups is 1. The van der Waals surface area contributed by atoms with Crippen LogP contribution in [0.25, 0.3) is 0 Å². The SMILES string of the molecule is O=C(O)CNc1cccc(F)c1. The summed E-state index contributed by atoms with van der Waals surface area (Å²) in [7, 11) is 0. The van der Waals surface area contributed by atoms with Crippen molar-refractivity contribution in [3.8, 4) is 0 Å². The number of nitrogens with one attached hydrogen (secondary N) is 1. The fraction of sp³-hybridized carbons (Fsp3) is 0.125. The number of anilines is 1. The van der Waals surface area contributed by atoms with Crippen LogP contribution in [0.5, 0.6) is 0 Å². The second-order valence-corrected chi connectivity index (χ2v) is 2.26. The number of benzene rings is 1. The van der Waals surface area contributed by atoms with Crippen molar-refractivity contribution in [2.75, 3.05) is 11.9 Å². The molecule has 0 saturated heterocycles. The Bertz CT molecular complexity index is 288. The Morgan fingerprint density at radius 1 is 1.58 bits per heavy atom. The molecule has 1 aromatic rings. The second kappa shape index (κ2) is 3.71. The maximum absolute atomic E-state index is 12.5. The largest absolute Gasteiger partial charge is 0.480 e. The highest BCUT2D eigenvalue weighted by molar-refractivity contribution is 5.72. The predicted molar refractivity (Wildman–Crippen MR) is 42.5 cm³/mol. The number of carboxylic acids is 1. The number of halogens is 1. The normalized spacial score (nSPS) is 9.42. The van der Waals surface area contributed by atoms with E-state index in [9.17, 15) is 9.18 Å². The van der Waals surface area contributed by atoms with Crippen molar-refractivity contribution in [3.05, 3.63) is 30.1 Å². The maximum atomic E-state index is 12.5. The molecule has 0 atom stereocenters. The lowest BCUT2D eigenvalue weighted by molar-refractivity contribution is -0.134. The minimum absolute atomic E-state index is 0.205. The van der Waals surface area contributed by atoms with Gasteiger partial charge in [-0.3, -0.25) is 4.79 Å². The Kier molecular flexibility index (Phi) is 2.63. The summed E-state index contributed by atoms with van der Waals surface area (Å²) in [5.74, 6) is -1.36. The zero-order valence-corrected chi connectivity index (χ0v) is 6.25. The van der Waals surface area contributed by atoms with Crippen LogP contribution in [0.2, 0.25) is 0 Å². The third-order valence-corrected chi connectivity index (χ3v) is 1.27. The van der Waals surface area contributed by atoms with E-state index in [4.69, 9.17) is 5.11 Å². The van der Waals surface area contributed by atoms with Crippen molar-refractivity contribution in [1.82, 2.24) is 0 Å². The van der Waals surface area contributed by atoms with Crippen molar-refractivity contribution in [3.63, 3.8) is 0 Å². The number of carboxylic acid groups (broad SMARTS) is 1. The van der Waals surface area contributed by atoms with Gasteiger partial charge in [-0.05, 0) is 18.2 Å². The number of hydrogen-bond donors (Lipinski definition) is 2. The van der Waals surface area contributed by atoms with Gasteiger partial charge in [0.15, 0.2) is 0 Å². The van der Waals surface area contributed by atoms with Crippen LogP contribution in [0.1, 0.15) is 0 Å². The minimum atomic E-state index is -0.973. The smallest absolute Gasteiger partial charge is 0.322 e. The monoisotopic (exact) mass is 169 g/mol. The Morgan fingerprint density at radius 2 is 2.33 bits per heavy atom. The summed E-state index contributed by atoms with van der Waals surface area (Å²) < 4.78 is 12.5. The van der Waals surface area contributed by atoms with Gasteiger partial charge in [-0.1, -0.05) is 6.07 Å². The summed E-state index contributed by atoms with van der Waals surface area (Å²) in [6, 6.07) is 5.65. The summed E-state index contributed by atoms with van der Waals surface area (Å²) in [5, 5.41) is 10.8. The van der Waals surface area contributed by atoms with Crippen LogP contribution in [-0.2, 0) is 4.79 Å². The zero-order valence-electron chi connectivity index (χ0n) is 6.25. The molecule has 0 heterocycles. The Hall–Kier alpha value is -1.58. The molecule has 0 aromatic heterocycles. The molecule has 0 amide bonds. The van der Waals surface area contributed by atoms with E-state index in [1.807, 2.05) is 0 Å². The lowest BCUT2D eigenvalue weighted by Gasteiger charge is -2.01. The molecule has 3 nitrogen and oxygen atoms in total. The average molecular weight is 169 g/mol. The van der Waals surface area contributed by atoms with Gasteiger partial charge in [0.1, 0.15) is 12.4 Å². The average Bonchev–Trinajstić information content (AvgIpc) is 2.01. The molecule has 1 aromatic carbocycles. The van der Waals surface area contributed by atoms with Gasteiger partial charge in [-0.15, -0.1) is 0 Å². The van der Waals surface area contributed by atoms with E-state index in [-0.39, 0.29) is 12.4 Å². The molecule has 0 aliphatic heterocycles. The first-order valence-electron chi connectivity index (χ1n) is 3.40. The van der Waals surface area contributed by atoms with E-state index in [1.54, 1.807) is 6.07 Å². The summed E-state index contributed by atoms with van der Waals surface area (Å²) in [5.41, 5.74) is 0.470. The van der Waals surface area contributed by atoms with Crippen LogP contribution in [0, 0.1) is 5.82 Å². The summed E-state index contributed by atoms with van der Waals surface area (Å²) in [6.45, 7) is -0.205. The van der Waals surface area contributed by atoms with Crippen molar-refractivity contribution in [1.29, 1.82) is 0 Å². The fourth-order valence-electron chi connectivity index (χ4n) is 0.776. The molecule has 0 aliphatic rings. The van der Waals surface area contributed by atoms with Gasteiger partial charge in [0.05, 0.1) is 0 Å². The molecule has 12 heavy (non-hydrogen) atoms. The Morgan fingerprint density at radius 3 is 2.92 bits per heavy atom. The van der Waals surface area contributed by atoms with Crippen LogP contribution in [-0.4, -0.2) is 17.6 Å². The number of rotatable bonds is 3. The van der Waals surface area contributed by atoms with Gasteiger partial charge in [-0.2, -0.15) is 0 Å². The van der Waals surface area contributed by atoms with E-state index in [1.165, 1.54) is 18.2 Å². The van der Waals surface area contributed by atoms with Crippen molar-refractivity contribution < 1.29 is 14.3 Å². The molecule has 0 aliphatic carbocycles. The van der Waals surface area contributed by atoms with Gasteiger partial charge in [-0.25, -0.2) is 4.39 Å². The molecule has 0 fully saturated rings. The quantitative estimate of drug-likeness (QED) is 0.717. The number of aliphatic carboxylic acids is 1. The highest BCUT2D eigenvalue weighted by Crippen LogP contribution is 2.07. The molecule has 0 bridgehead atoms. The van der Waals surface area contributed by atoms with Crippen LogP contribution >= 0.6 is 0 Å². The van der Waals surface area contributed by atoms with Gasteiger partial charge in [0.2, 0.25) is 0 Å². The fourth-order valence-corrected chi connectivity index (χ4v) is 0.776. The topological polar surface area (TPSA) is 49.3 Å². The van der Waals surface area contributed by atoms with Crippen molar-refractivity contribution >= 4 is 11.7 Å². The van der Waals surface area contributed by atoms with E-state index in [0.717, 1.165) is 0 Å². The highest BCUT2D eigenvalue weighted by atomic mass is 19.1. The molecular formula is C8H8FNO2. The highest BCUT2D eigenvalue weighted by Gasteiger charge is 1.97. The van der Waals surface area contributed by atoms with Gasteiger partial charge >= 0.3 is 5.97 Å². The van der Waals surface area contributed by atoms with Gasteiger partial charge in [0, 0.05) is 5.69 Å². The third-order valence-electron chi connectivity index (χ3n) is 1.27. The van der Waals surface area contributed by atoms with Crippen molar-refractivity contribution in [2.45, 2.75) is 0 Å². The molecule has 0 radical (unpaired) electrons. The molecule has 4 heteroatoms. The van der Waals surface area contributed by atoms with Crippen LogP contribution < -0.4 is 5.32 Å². The lowest BCUT2D eigenvalue weighted by Crippen LogP contribution is -2.12. The summed E-state index contributed by atoms with van der Waals surface area (Å²) in [4.78, 5) is 10.1.